The molecule has 6 nitrogen and oxygen atoms in total. The van der Waals surface area contributed by atoms with Gasteiger partial charge in [0.15, 0.2) is 11.4 Å². The second kappa shape index (κ2) is 9.69. The summed E-state index contributed by atoms with van der Waals surface area (Å²) in [5, 5.41) is 10.0. The van der Waals surface area contributed by atoms with E-state index >= 15 is 0 Å². The van der Waals surface area contributed by atoms with Crippen molar-refractivity contribution in [2.24, 2.45) is 11.7 Å². The molecule has 1 fully saturated rings. The van der Waals surface area contributed by atoms with Crippen LogP contribution >= 0.6 is 23.2 Å². The molecule has 1 aromatic heterocycles. The predicted molar refractivity (Wildman–Crippen MR) is 120 cm³/mol. The van der Waals surface area contributed by atoms with E-state index < -0.39 is 6.29 Å². The summed E-state index contributed by atoms with van der Waals surface area (Å²) in [4.78, 5) is 4.07. The average molecular weight is 462 g/mol. The average Bonchev–Trinajstić information content (AvgIpc) is 3.12. The minimum absolute atomic E-state index is 0.00307. The fourth-order valence-electron chi connectivity index (χ4n) is 3.80. The smallest absolute Gasteiger partial charge is 0.184 e. The first-order valence-electron chi connectivity index (χ1n) is 10.2. The first-order valence-corrected chi connectivity index (χ1v) is 10.9. The normalized spacial score (nSPS) is 23.8. The summed E-state index contributed by atoms with van der Waals surface area (Å²) in [6.45, 7) is 3.07. The molecule has 0 aliphatic carbocycles. The van der Waals surface area contributed by atoms with Crippen LogP contribution in [0.15, 0.2) is 54.9 Å². The van der Waals surface area contributed by atoms with Crippen LogP contribution in [0, 0.1) is 5.92 Å². The highest BCUT2D eigenvalue weighted by Gasteiger charge is 2.38. The lowest BCUT2D eigenvalue weighted by Gasteiger charge is -2.41. The van der Waals surface area contributed by atoms with Gasteiger partial charge in [0.2, 0.25) is 0 Å². The van der Waals surface area contributed by atoms with Gasteiger partial charge in [-0.25, -0.2) is 4.98 Å². The third-order valence-electron chi connectivity index (χ3n) is 5.72. The van der Waals surface area contributed by atoms with Gasteiger partial charge < -0.3 is 24.9 Å². The summed E-state index contributed by atoms with van der Waals surface area (Å²) < 4.78 is 14.6. The lowest BCUT2D eigenvalue weighted by molar-refractivity contribution is -0.276. The highest BCUT2D eigenvalue weighted by atomic mass is 35.5. The molecule has 4 atom stereocenters. The first-order chi connectivity index (χ1) is 15.0. The molecular formula is C23H25Cl2N3O3. The maximum absolute atomic E-state index is 9.37. The minimum atomic E-state index is -0.548. The van der Waals surface area contributed by atoms with Crippen LogP contribution < -0.4 is 5.73 Å². The van der Waals surface area contributed by atoms with E-state index in [1.165, 1.54) is 0 Å². The van der Waals surface area contributed by atoms with Gasteiger partial charge in [-0.3, -0.25) is 0 Å². The Bertz CT molecular complexity index is 1010. The van der Waals surface area contributed by atoms with E-state index in [4.69, 9.17) is 38.4 Å². The van der Waals surface area contributed by atoms with Gasteiger partial charge in [0, 0.05) is 18.0 Å². The molecule has 0 spiro atoms. The van der Waals surface area contributed by atoms with Gasteiger partial charge in [0.05, 0.1) is 31.7 Å². The number of aromatic nitrogens is 2. The van der Waals surface area contributed by atoms with E-state index in [1.807, 2.05) is 48.5 Å². The molecule has 0 saturated carbocycles. The number of nitrogens with zero attached hydrogens (tertiary/aromatic N) is 2. The van der Waals surface area contributed by atoms with Gasteiger partial charge in [0.25, 0.3) is 0 Å². The van der Waals surface area contributed by atoms with Crippen LogP contribution in [0.4, 0.5) is 0 Å². The van der Waals surface area contributed by atoms with E-state index in [9.17, 15) is 5.11 Å². The van der Waals surface area contributed by atoms with Crippen LogP contribution in [0.1, 0.15) is 41.6 Å². The number of halogens is 2. The van der Waals surface area contributed by atoms with Gasteiger partial charge in [-0.2, -0.15) is 0 Å². The second-order valence-corrected chi connectivity index (χ2v) is 8.46. The van der Waals surface area contributed by atoms with Crippen LogP contribution in [0.3, 0.4) is 0 Å². The number of hydrogen-bond acceptors (Lipinski definition) is 5. The Hall–Kier alpha value is -1.93. The zero-order valence-corrected chi connectivity index (χ0v) is 18.6. The topological polar surface area (TPSA) is 82.5 Å². The third-order valence-corrected chi connectivity index (χ3v) is 6.49. The van der Waals surface area contributed by atoms with Crippen molar-refractivity contribution in [2.75, 3.05) is 0 Å². The number of benzene rings is 2. The molecule has 31 heavy (non-hydrogen) atoms. The summed E-state index contributed by atoms with van der Waals surface area (Å²) in [6.07, 6.45) is 0.668. The first kappa shape index (κ1) is 22.3. The molecule has 3 aromatic rings. The van der Waals surface area contributed by atoms with Crippen molar-refractivity contribution < 1.29 is 14.6 Å². The zero-order valence-electron chi connectivity index (χ0n) is 17.1. The summed E-state index contributed by atoms with van der Waals surface area (Å²) in [7, 11) is 0. The van der Waals surface area contributed by atoms with Crippen molar-refractivity contribution in [3.63, 3.8) is 0 Å². The van der Waals surface area contributed by atoms with Crippen molar-refractivity contribution in [2.45, 2.75) is 45.1 Å². The predicted octanol–water partition coefficient (Wildman–Crippen LogP) is 4.63. The molecule has 0 unspecified atom stereocenters. The Balaban J connectivity index is 1.64. The van der Waals surface area contributed by atoms with Gasteiger partial charge in [-0.05, 0) is 16.7 Å². The standard InChI is InChI=1S/C23H25Cl2N3O3/c1-14-19(11-28-13-27-21(24)22(28)25)30-23(18-8-2-15(10-26)3-9-18)31-20(14)17-6-4-16(12-29)5-7-17/h2-9,13-14,19-20,23,29H,10-12,26H2,1H3/t14-,19+,20+,23+/m1/s1. The van der Waals surface area contributed by atoms with Crippen LogP contribution in [0.25, 0.3) is 0 Å². The maximum atomic E-state index is 9.37. The minimum Gasteiger partial charge on any atom is -0.392 e. The molecule has 1 aliphatic rings. The van der Waals surface area contributed by atoms with E-state index in [2.05, 4.69) is 11.9 Å². The van der Waals surface area contributed by atoms with Gasteiger partial charge in [-0.15, -0.1) is 0 Å². The SMILES string of the molecule is C[C@@H]1[C@H](Cn2cnc(Cl)c2Cl)O[C@H](c2ccc(CN)cc2)O[C@@H]1c1ccc(CO)cc1. The van der Waals surface area contributed by atoms with E-state index in [0.717, 1.165) is 22.3 Å². The van der Waals surface area contributed by atoms with Crippen LogP contribution in [-0.4, -0.2) is 20.8 Å². The molecule has 0 radical (unpaired) electrons. The monoisotopic (exact) mass is 461 g/mol. The maximum Gasteiger partial charge on any atom is 0.184 e. The highest BCUT2D eigenvalue weighted by molar-refractivity contribution is 6.40. The molecule has 0 amide bonds. The molecule has 2 heterocycles. The summed E-state index contributed by atoms with van der Waals surface area (Å²) in [5.41, 5.74) is 9.57. The molecule has 4 rings (SSSR count). The number of rotatable bonds is 6. The molecule has 1 aliphatic heterocycles. The quantitative estimate of drug-likeness (QED) is 0.558. The van der Waals surface area contributed by atoms with Crippen molar-refractivity contribution in [3.05, 3.63) is 87.4 Å². The molecule has 8 heteroatoms. The number of ether oxygens (including phenoxy) is 2. The second-order valence-electron chi connectivity index (χ2n) is 7.75. The Kier molecular flexibility index (Phi) is 6.96. The number of imidazole rings is 1. The number of hydrogen-bond donors (Lipinski definition) is 2. The number of aliphatic hydroxyl groups excluding tert-OH is 1. The number of nitrogens with two attached hydrogens (primary N) is 1. The summed E-state index contributed by atoms with van der Waals surface area (Å²) >= 11 is 12.3. The Labute approximate surface area is 191 Å². The molecule has 0 bridgehead atoms. The molecular weight excluding hydrogens is 437 g/mol. The molecule has 164 valence electrons. The van der Waals surface area contributed by atoms with Gasteiger partial charge >= 0.3 is 0 Å². The lowest BCUT2D eigenvalue weighted by atomic mass is 9.90. The molecule has 3 N–H and O–H groups in total. The van der Waals surface area contributed by atoms with E-state index in [-0.39, 0.29) is 29.9 Å². The summed E-state index contributed by atoms with van der Waals surface area (Å²) in [5.74, 6) is 0.0248. The van der Waals surface area contributed by atoms with E-state index in [1.54, 1.807) is 10.9 Å². The summed E-state index contributed by atoms with van der Waals surface area (Å²) in [6, 6.07) is 15.7. The highest BCUT2D eigenvalue weighted by Crippen LogP contribution is 2.42. The van der Waals surface area contributed by atoms with Crippen LogP contribution in [0.2, 0.25) is 10.3 Å². The van der Waals surface area contributed by atoms with Crippen molar-refractivity contribution in [1.29, 1.82) is 0 Å². The van der Waals surface area contributed by atoms with Gasteiger partial charge in [0.1, 0.15) is 5.15 Å². The molecule has 1 saturated heterocycles. The Morgan fingerprint density at radius 3 is 2.23 bits per heavy atom. The third kappa shape index (κ3) is 4.80. The Morgan fingerprint density at radius 2 is 1.65 bits per heavy atom. The fraction of sp³-hybridized carbons (Fsp3) is 0.348. The van der Waals surface area contributed by atoms with Gasteiger partial charge in [-0.1, -0.05) is 78.7 Å². The van der Waals surface area contributed by atoms with Crippen molar-refractivity contribution in [3.8, 4) is 0 Å². The van der Waals surface area contributed by atoms with E-state index in [0.29, 0.717) is 18.2 Å². The lowest BCUT2D eigenvalue weighted by Crippen LogP contribution is -2.39. The number of aliphatic hydroxyl groups is 1. The Morgan fingerprint density at radius 1 is 1.00 bits per heavy atom. The van der Waals surface area contributed by atoms with Crippen LogP contribution in [-0.2, 0) is 29.2 Å². The zero-order chi connectivity index (χ0) is 22.0. The van der Waals surface area contributed by atoms with Crippen molar-refractivity contribution >= 4 is 23.2 Å². The van der Waals surface area contributed by atoms with Crippen LogP contribution in [0.5, 0.6) is 0 Å². The molecule has 2 aromatic carbocycles. The van der Waals surface area contributed by atoms with Crippen molar-refractivity contribution in [1.82, 2.24) is 9.55 Å². The largest absolute Gasteiger partial charge is 0.392 e. The fourth-order valence-corrected chi connectivity index (χ4v) is 4.12.